The van der Waals surface area contributed by atoms with Crippen molar-refractivity contribution in [3.8, 4) is 6.07 Å². The molecule has 74 valence electrons. The number of hydrogen-bond donors (Lipinski definition) is 0. The van der Waals surface area contributed by atoms with Crippen molar-refractivity contribution in [2.45, 2.75) is 24.3 Å². The molecule has 1 fully saturated rings. The molecule has 1 heterocycles. The Labute approximate surface area is 89.2 Å². The van der Waals surface area contributed by atoms with Gasteiger partial charge in [-0.2, -0.15) is 17.0 Å². The maximum atomic E-state index is 8.57. The molecule has 2 unspecified atom stereocenters. The van der Waals surface area contributed by atoms with Crippen molar-refractivity contribution in [1.29, 1.82) is 5.26 Å². The number of alkyl halides is 1. The molecule has 0 aliphatic carbocycles. The molecule has 0 aromatic rings. The lowest BCUT2D eigenvalue weighted by atomic mass is 10.1. The smallest absolute Gasteiger partial charge is 0.133 e. The summed E-state index contributed by atoms with van der Waals surface area (Å²) in [6.45, 7) is 0.684. The van der Waals surface area contributed by atoms with Crippen molar-refractivity contribution < 1.29 is 0 Å². The minimum absolute atomic E-state index is 0.364. The van der Waals surface area contributed by atoms with Crippen molar-refractivity contribution >= 4 is 23.4 Å². The van der Waals surface area contributed by atoms with E-state index in [9.17, 15) is 0 Å². The Hall–Kier alpha value is 0.0900. The summed E-state index contributed by atoms with van der Waals surface area (Å²) < 4.78 is 0. The van der Waals surface area contributed by atoms with E-state index in [4.69, 9.17) is 16.9 Å². The number of hydrogen-bond acceptors (Lipinski definition) is 3. The second-order valence-electron chi connectivity index (χ2n) is 3.41. The summed E-state index contributed by atoms with van der Waals surface area (Å²) in [5, 5.41) is 8.20. The molecule has 0 aromatic carbocycles. The lowest BCUT2D eigenvalue weighted by molar-refractivity contribution is 0.253. The fraction of sp³-hybridized carbons (Fsp3) is 0.889. The normalized spacial score (nSPS) is 25.5. The van der Waals surface area contributed by atoms with E-state index < -0.39 is 0 Å². The molecule has 0 saturated carbocycles. The molecule has 0 N–H and O–H groups in total. The fourth-order valence-electron chi connectivity index (χ4n) is 1.51. The van der Waals surface area contributed by atoms with Gasteiger partial charge in [-0.05, 0) is 25.6 Å². The van der Waals surface area contributed by atoms with Gasteiger partial charge in [0.15, 0.2) is 0 Å². The lowest BCUT2D eigenvalue weighted by Crippen LogP contribution is -2.39. The maximum absolute atomic E-state index is 8.57. The maximum Gasteiger partial charge on any atom is 0.133 e. The van der Waals surface area contributed by atoms with E-state index in [1.807, 2.05) is 11.8 Å². The van der Waals surface area contributed by atoms with Crippen LogP contribution < -0.4 is 0 Å². The zero-order valence-electron chi connectivity index (χ0n) is 7.87. The predicted octanol–water partition coefficient (Wildman–Crippen LogP) is 1.94. The number of nitriles is 1. The molecule has 13 heavy (non-hydrogen) atoms. The topological polar surface area (TPSA) is 27.0 Å². The van der Waals surface area contributed by atoms with E-state index in [1.165, 1.54) is 24.3 Å². The minimum atomic E-state index is -0.364. The molecule has 1 rings (SSSR count). The van der Waals surface area contributed by atoms with E-state index in [1.54, 1.807) is 0 Å². The van der Waals surface area contributed by atoms with Crippen LogP contribution in [0.2, 0.25) is 0 Å². The van der Waals surface area contributed by atoms with E-state index in [-0.39, 0.29) is 5.38 Å². The number of rotatable bonds is 3. The van der Waals surface area contributed by atoms with Crippen LogP contribution in [0.25, 0.3) is 0 Å². The Balaban J connectivity index is 2.29. The molecule has 0 aromatic heterocycles. The van der Waals surface area contributed by atoms with Gasteiger partial charge in [0.2, 0.25) is 0 Å². The van der Waals surface area contributed by atoms with Gasteiger partial charge < -0.3 is 4.90 Å². The molecule has 2 atom stereocenters. The van der Waals surface area contributed by atoms with Crippen LogP contribution in [-0.4, -0.2) is 41.4 Å². The van der Waals surface area contributed by atoms with Crippen LogP contribution in [0.3, 0.4) is 0 Å². The van der Waals surface area contributed by atoms with Crippen molar-refractivity contribution in [1.82, 2.24) is 4.90 Å². The highest BCUT2D eigenvalue weighted by Gasteiger charge is 2.19. The Morgan fingerprint density at radius 1 is 1.77 bits per heavy atom. The monoisotopic (exact) mass is 218 g/mol. The molecule has 2 nitrogen and oxygen atoms in total. The van der Waals surface area contributed by atoms with Gasteiger partial charge in [-0.15, -0.1) is 11.6 Å². The predicted molar refractivity (Wildman–Crippen MR) is 58.2 cm³/mol. The van der Waals surface area contributed by atoms with E-state index in [2.05, 4.69) is 18.0 Å². The van der Waals surface area contributed by atoms with Crippen molar-refractivity contribution in [2.24, 2.45) is 0 Å². The summed E-state index contributed by atoms with van der Waals surface area (Å²) in [5.41, 5.74) is 0. The fourth-order valence-corrected chi connectivity index (χ4v) is 2.96. The van der Waals surface area contributed by atoms with Crippen LogP contribution in [0.1, 0.15) is 12.8 Å². The first kappa shape index (κ1) is 11.2. The van der Waals surface area contributed by atoms with Crippen molar-refractivity contribution in [3.63, 3.8) is 0 Å². The molecule has 0 amide bonds. The van der Waals surface area contributed by atoms with Gasteiger partial charge in [-0.25, -0.2) is 0 Å². The lowest BCUT2D eigenvalue weighted by Gasteiger charge is -2.30. The second kappa shape index (κ2) is 5.74. The van der Waals surface area contributed by atoms with Gasteiger partial charge in [0.1, 0.15) is 5.38 Å². The first-order valence-electron chi connectivity index (χ1n) is 4.55. The van der Waals surface area contributed by atoms with Crippen LogP contribution in [0.15, 0.2) is 0 Å². The van der Waals surface area contributed by atoms with Crippen molar-refractivity contribution in [2.75, 3.05) is 25.1 Å². The molecule has 1 aliphatic rings. The highest BCUT2D eigenvalue weighted by atomic mass is 35.5. The van der Waals surface area contributed by atoms with Crippen molar-refractivity contribution in [3.05, 3.63) is 0 Å². The van der Waals surface area contributed by atoms with Crippen LogP contribution in [0.4, 0.5) is 0 Å². The Morgan fingerprint density at radius 2 is 2.54 bits per heavy atom. The first-order chi connectivity index (χ1) is 6.24. The Bertz CT molecular complexity index is 187. The molecular formula is C9H15ClN2S. The van der Waals surface area contributed by atoms with Gasteiger partial charge in [0.25, 0.3) is 0 Å². The Kier molecular flexibility index (Phi) is 4.93. The molecule has 0 spiro atoms. The summed E-state index contributed by atoms with van der Waals surface area (Å²) in [6, 6.07) is 2.67. The minimum Gasteiger partial charge on any atom is -0.300 e. The first-order valence-corrected chi connectivity index (χ1v) is 6.15. The van der Waals surface area contributed by atoms with Gasteiger partial charge in [-0.1, -0.05) is 0 Å². The average Bonchev–Trinajstić information content (AvgIpc) is 2.19. The van der Waals surface area contributed by atoms with Gasteiger partial charge in [0, 0.05) is 18.3 Å². The van der Waals surface area contributed by atoms with Gasteiger partial charge in [0.05, 0.1) is 6.07 Å². The van der Waals surface area contributed by atoms with E-state index in [0.29, 0.717) is 12.6 Å². The molecule has 0 radical (unpaired) electrons. The number of thioether (sulfide) groups is 1. The standard InChI is InChI=1S/C9H15ClN2S/c1-12(6-8(10)5-11)9-3-2-4-13-7-9/h8-9H,2-4,6-7H2,1H3. The van der Waals surface area contributed by atoms with E-state index >= 15 is 0 Å². The quantitative estimate of drug-likeness (QED) is 0.678. The zero-order chi connectivity index (χ0) is 9.68. The average molecular weight is 219 g/mol. The highest BCUT2D eigenvalue weighted by molar-refractivity contribution is 7.99. The van der Waals surface area contributed by atoms with Gasteiger partial charge in [-0.3, -0.25) is 0 Å². The third kappa shape index (κ3) is 3.76. The van der Waals surface area contributed by atoms with Crippen LogP contribution in [-0.2, 0) is 0 Å². The zero-order valence-corrected chi connectivity index (χ0v) is 9.44. The van der Waals surface area contributed by atoms with Crippen LogP contribution in [0, 0.1) is 11.3 Å². The summed E-state index contributed by atoms with van der Waals surface area (Å²) in [4.78, 5) is 2.22. The number of halogens is 1. The third-order valence-corrected chi connectivity index (χ3v) is 3.78. The molecule has 4 heteroatoms. The summed E-state index contributed by atoms with van der Waals surface area (Å²) in [6.07, 6.45) is 2.54. The summed E-state index contributed by atoms with van der Waals surface area (Å²) in [7, 11) is 2.06. The molecule has 1 saturated heterocycles. The van der Waals surface area contributed by atoms with Gasteiger partial charge >= 0.3 is 0 Å². The molecular weight excluding hydrogens is 204 g/mol. The van der Waals surface area contributed by atoms with E-state index in [0.717, 1.165) is 0 Å². The summed E-state index contributed by atoms with van der Waals surface area (Å²) in [5.74, 6) is 2.47. The third-order valence-electron chi connectivity index (χ3n) is 2.35. The van der Waals surface area contributed by atoms with Crippen LogP contribution in [0.5, 0.6) is 0 Å². The largest absolute Gasteiger partial charge is 0.300 e. The summed E-state index contributed by atoms with van der Waals surface area (Å²) >= 11 is 7.77. The Morgan fingerprint density at radius 3 is 3.08 bits per heavy atom. The SMILES string of the molecule is CN(CC(Cl)C#N)C1CCCSC1. The highest BCUT2D eigenvalue weighted by Crippen LogP contribution is 2.21. The molecule has 0 bridgehead atoms. The second-order valence-corrected chi connectivity index (χ2v) is 5.08. The van der Waals surface area contributed by atoms with Crippen LogP contribution >= 0.6 is 23.4 Å². The number of nitrogens with zero attached hydrogens (tertiary/aromatic N) is 2. The molecule has 1 aliphatic heterocycles.